The number of halogens is 1. The minimum Gasteiger partial charge on any atom is -0.422 e. The third-order valence-electron chi connectivity index (χ3n) is 3.65. The van der Waals surface area contributed by atoms with Gasteiger partial charge < -0.3 is 19.9 Å². The van der Waals surface area contributed by atoms with Gasteiger partial charge in [0.05, 0.1) is 16.9 Å². The van der Waals surface area contributed by atoms with Crippen molar-refractivity contribution in [3.8, 4) is 11.5 Å². The Labute approximate surface area is 168 Å². The SMILES string of the molecule is CNCCC(O)c1ccc(OC(=O)C(C)(C)C)c(OC(=O)C(C)(C)C)c1.Cl. The second-order valence-electron chi connectivity index (χ2n) is 8.39. The van der Waals surface area contributed by atoms with Crippen LogP contribution < -0.4 is 14.8 Å². The van der Waals surface area contributed by atoms with Crippen molar-refractivity contribution in [1.82, 2.24) is 5.32 Å². The van der Waals surface area contributed by atoms with E-state index in [9.17, 15) is 14.7 Å². The monoisotopic (exact) mass is 401 g/mol. The number of ether oxygens (including phenoxy) is 2. The predicted molar refractivity (Wildman–Crippen MR) is 107 cm³/mol. The standard InChI is InChI=1S/C20H31NO5.ClH/c1-19(2,3)17(23)25-15-9-8-13(14(22)10-11-21-7)12-16(15)26-18(24)20(4,5)6;/h8-9,12,14,21-22H,10-11H2,1-7H3;1H. The number of hydrogen-bond acceptors (Lipinski definition) is 6. The largest absolute Gasteiger partial charge is 0.422 e. The van der Waals surface area contributed by atoms with Crippen LogP contribution >= 0.6 is 12.4 Å². The van der Waals surface area contributed by atoms with Crippen molar-refractivity contribution in [3.05, 3.63) is 23.8 Å². The molecule has 154 valence electrons. The lowest BCUT2D eigenvalue weighted by molar-refractivity contribution is -0.145. The molecule has 0 saturated heterocycles. The summed E-state index contributed by atoms with van der Waals surface area (Å²) >= 11 is 0. The van der Waals surface area contributed by atoms with Crippen molar-refractivity contribution in [2.24, 2.45) is 10.8 Å². The van der Waals surface area contributed by atoms with Gasteiger partial charge in [-0.1, -0.05) is 6.07 Å². The highest BCUT2D eigenvalue weighted by Crippen LogP contribution is 2.34. The van der Waals surface area contributed by atoms with E-state index in [-0.39, 0.29) is 23.9 Å². The fraction of sp³-hybridized carbons (Fsp3) is 0.600. The maximum atomic E-state index is 12.3. The molecule has 0 bridgehead atoms. The van der Waals surface area contributed by atoms with Crippen molar-refractivity contribution in [3.63, 3.8) is 0 Å². The Morgan fingerprint density at radius 2 is 1.48 bits per heavy atom. The molecule has 0 spiro atoms. The summed E-state index contributed by atoms with van der Waals surface area (Å²) < 4.78 is 10.9. The Morgan fingerprint density at radius 3 is 1.93 bits per heavy atom. The van der Waals surface area contributed by atoms with Gasteiger partial charge in [0.25, 0.3) is 0 Å². The maximum Gasteiger partial charge on any atom is 0.316 e. The Balaban J connectivity index is 0.00000676. The van der Waals surface area contributed by atoms with Gasteiger partial charge in [-0.15, -0.1) is 12.4 Å². The van der Waals surface area contributed by atoms with E-state index >= 15 is 0 Å². The third-order valence-corrected chi connectivity index (χ3v) is 3.65. The van der Waals surface area contributed by atoms with Crippen LogP contribution in [0.2, 0.25) is 0 Å². The van der Waals surface area contributed by atoms with Crippen LogP contribution in [0, 0.1) is 10.8 Å². The van der Waals surface area contributed by atoms with E-state index in [0.29, 0.717) is 18.5 Å². The molecule has 27 heavy (non-hydrogen) atoms. The molecule has 0 aliphatic rings. The first kappa shape index (κ1) is 25.4. The Bertz CT molecular complexity index is 647. The third kappa shape index (κ3) is 7.87. The summed E-state index contributed by atoms with van der Waals surface area (Å²) in [6.45, 7) is 11.1. The van der Waals surface area contributed by atoms with E-state index in [1.807, 2.05) is 0 Å². The molecule has 6 nitrogen and oxygen atoms in total. The molecular weight excluding hydrogens is 370 g/mol. The zero-order valence-electron chi connectivity index (χ0n) is 17.2. The number of carbonyl (C=O) groups excluding carboxylic acids is 2. The van der Waals surface area contributed by atoms with Crippen LogP contribution in [0.25, 0.3) is 0 Å². The van der Waals surface area contributed by atoms with Gasteiger partial charge in [0.1, 0.15) is 0 Å². The van der Waals surface area contributed by atoms with Crippen molar-refractivity contribution < 1.29 is 24.2 Å². The van der Waals surface area contributed by atoms with E-state index in [4.69, 9.17) is 9.47 Å². The summed E-state index contributed by atoms with van der Waals surface area (Å²) in [6.07, 6.45) is -0.216. The van der Waals surface area contributed by atoms with Gasteiger partial charge in [-0.3, -0.25) is 9.59 Å². The molecule has 1 aromatic rings. The van der Waals surface area contributed by atoms with Gasteiger partial charge in [0.15, 0.2) is 11.5 Å². The predicted octanol–water partition coefficient (Wildman–Crippen LogP) is 3.65. The lowest BCUT2D eigenvalue weighted by Gasteiger charge is -2.21. The molecule has 7 heteroatoms. The van der Waals surface area contributed by atoms with Gasteiger partial charge in [-0.05, 0) is 79.3 Å². The fourth-order valence-electron chi connectivity index (χ4n) is 1.85. The van der Waals surface area contributed by atoms with E-state index in [1.54, 1.807) is 66.8 Å². The summed E-state index contributed by atoms with van der Waals surface area (Å²) in [4.78, 5) is 24.5. The zero-order chi connectivity index (χ0) is 20.1. The average Bonchev–Trinajstić information content (AvgIpc) is 2.52. The fourth-order valence-corrected chi connectivity index (χ4v) is 1.85. The van der Waals surface area contributed by atoms with Crippen molar-refractivity contribution in [2.45, 2.75) is 54.1 Å². The highest BCUT2D eigenvalue weighted by atomic mass is 35.5. The van der Waals surface area contributed by atoms with Gasteiger partial charge in [0, 0.05) is 0 Å². The second-order valence-corrected chi connectivity index (χ2v) is 8.39. The molecule has 1 unspecified atom stereocenters. The van der Waals surface area contributed by atoms with E-state index in [2.05, 4.69) is 5.32 Å². The van der Waals surface area contributed by atoms with Crippen molar-refractivity contribution in [2.75, 3.05) is 13.6 Å². The van der Waals surface area contributed by atoms with E-state index in [0.717, 1.165) is 0 Å². The summed E-state index contributed by atoms with van der Waals surface area (Å²) in [5.74, 6) is -0.600. The molecule has 2 N–H and O–H groups in total. The number of benzene rings is 1. The summed E-state index contributed by atoms with van der Waals surface area (Å²) in [5, 5.41) is 13.3. The zero-order valence-corrected chi connectivity index (χ0v) is 18.0. The maximum absolute atomic E-state index is 12.3. The minimum atomic E-state index is -0.720. The number of esters is 2. The molecule has 1 aromatic carbocycles. The Kier molecular flexibility index (Phi) is 9.45. The smallest absolute Gasteiger partial charge is 0.316 e. The van der Waals surface area contributed by atoms with Crippen LogP contribution in [0.3, 0.4) is 0 Å². The van der Waals surface area contributed by atoms with Crippen molar-refractivity contribution >= 4 is 24.3 Å². The quantitative estimate of drug-likeness (QED) is 0.559. The van der Waals surface area contributed by atoms with Crippen LogP contribution in [-0.2, 0) is 9.59 Å². The minimum absolute atomic E-state index is 0. The normalized spacial score (nSPS) is 12.7. The van der Waals surface area contributed by atoms with E-state index < -0.39 is 28.9 Å². The van der Waals surface area contributed by atoms with E-state index in [1.165, 1.54) is 0 Å². The molecule has 0 aromatic heterocycles. The molecule has 0 radical (unpaired) electrons. The van der Waals surface area contributed by atoms with Gasteiger partial charge >= 0.3 is 11.9 Å². The molecule has 0 saturated carbocycles. The van der Waals surface area contributed by atoms with Crippen LogP contribution in [-0.4, -0.2) is 30.6 Å². The molecule has 0 aliphatic carbocycles. The average molecular weight is 402 g/mol. The molecule has 0 aliphatic heterocycles. The van der Waals surface area contributed by atoms with Crippen molar-refractivity contribution in [1.29, 1.82) is 0 Å². The molecule has 0 fully saturated rings. The number of carbonyl (C=O) groups is 2. The Morgan fingerprint density at radius 1 is 1.00 bits per heavy atom. The molecular formula is C20H32ClNO5. The lowest BCUT2D eigenvalue weighted by Crippen LogP contribution is -2.28. The van der Waals surface area contributed by atoms with Crippen LogP contribution in [0.15, 0.2) is 18.2 Å². The summed E-state index contributed by atoms with van der Waals surface area (Å²) in [7, 11) is 1.80. The number of nitrogens with one attached hydrogen (secondary N) is 1. The topological polar surface area (TPSA) is 84.9 Å². The molecule has 0 heterocycles. The van der Waals surface area contributed by atoms with Gasteiger partial charge in [0.2, 0.25) is 0 Å². The van der Waals surface area contributed by atoms with Gasteiger partial charge in [-0.2, -0.15) is 0 Å². The summed E-state index contributed by atoms with van der Waals surface area (Å²) in [6, 6.07) is 4.77. The first-order valence-corrected chi connectivity index (χ1v) is 8.77. The highest BCUT2D eigenvalue weighted by molar-refractivity contribution is 5.85. The summed E-state index contributed by atoms with van der Waals surface area (Å²) in [5.41, 5.74) is -0.824. The Hall–Kier alpha value is -1.63. The highest BCUT2D eigenvalue weighted by Gasteiger charge is 2.28. The first-order chi connectivity index (χ1) is 11.9. The molecule has 1 rings (SSSR count). The van der Waals surface area contributed by atoms with Crippen LogP contribution in [0.1, 0.15) is 59.6 Å². The number of rotatable bonds is 6. The number of aliphatic hydroxyl groups is 1. The first-order valence-electron chi connectivity index (χ1n) is 8.77. The number of aliphatic hydroxyl groups excluding tert-OH is 1. The molecule has 1 atom stereocenters. The van der Waals surface area contributed by atoms with Crippen LogP contribution in [0.5, 0.6) is 11.5 Å². The molecule has 0 amide bonds. The lowest BCUT2D eigenvalue weighted by atomic mass is 9.97. The van der Waals surface area contributed by atoms with Gasteiger partial charge in [-0.25, -0.2) is 0 Å². The second kappa shape index (κ2) is 10.1. The number of hydrogen-bond donors (Lipinski definition) is 2. The van der Waals surface area contributed by atoms with Crippen LogP contribution in [0.4, 0.5) is 0 Å².